The second kappa shape index (κ2) is 13.2. The summed E-state index contributed by atoms with van der Waals surface area (Å²) >= 11 is 1.61. The predicted molar refractivity (Wildman–Crippen MR) is 126 cm³/mol. The molecular formula is C24H34N2O5S. The van der Waals surface area contributed by atoms with Crippen molar-refractivity contribution in [1.82, 2.24) is 9.88 Å². The van der Waals surface area contributed by atoms with Crippen molar-refractivity contribution in [2.45, 2.75) is 56.7 Å². The first-order valence-corrected chi connectivity index (χ1v) is 12.1. The third kappa shape index (κ3) is 8.04. The highest BCUT2D eigenvalue weighted by atomic mass is 32.1. The van der Waals surface area contributed by atoms with Gasteiger partial charge < -0.3 is 25.2 Å². The number of aromatic nitrogens is 1. The summed E-state index contributed by atoms with van der Waals surface area (Å²) < 4.78 is 5.75. The van der Waals surface area contributed by atoms with Gasteiger partial charge in [0.25, 0.3) is 0 Å². The van der Waals surface area contributed by atoms with Crippen LogP contribution in [0.3, 0.4) is 0 Å². The molecule has 3 rings (SSSR count). The van der Waals surface area contributed by atoms with Crippen molar-refractivity contribution in [2.75, 3.05) is 26.2 Å². The first-order chi connectivity index (χ1) is 15.5. The second-order valence-electron chi connectivity index (χ2n) is 8.26. The molecule has 2 aromatic rings. The van der Waals surface area contributed by atoms with E-state index in [-0.39, 0.29) is 13.1 Å². The van der Waals surface area contributed by atoms with E-state index in [9.17, 15) is 20.4 Å². The number of nitrogens with zero attached hydrogens (tertiary/aromatic N) is 2. The maximum absolute atomic E-state index is 9.91. The minimum absolute atomic E-state index is 0.258. The Morgan fingerprint density at radius 2 is 1.62 bits per heavy atom. The summed E-state index contributed by atoms with van der Waals surface area (Å²) in [4.78, 5) is 6.48. The molecule has 7 nitrogen and oxygen atoms in total. The molecule has 32 heavy (non-hydrogen) atoms. The standard InChI is InChI=1S/C24H34N2O5S/c27-20-14-26(15-21(28)24(30)23(20)29)12-6-1-2-7-13-31-16-19-17-32-22(25-19)11-10-18-8-4-3-5-9-18/h3-5,8-11,17,20-21,23-24,27-30H,1-2,6-7,12-16H2/b11-10+/t20-,21-,23+,24+/m0/s1. The zero-order valence-corrected chi connectivity index (χ0v) is 19.1. The van der Waals surface area contributed by atoms with E-state index in [1.807, 2.05) is 34.6 Å². The molecule has 0 saturated carbocycles. The van der Waals surface area contributed by atoms with Gasteiger partial charge in [0.2, 0.25) is 0 Å². The summed E-state index contributed by atoms with van der Waals surface area (Å²) in [6.45, 7) is 2.44. The van der Waals surface area contributed by atoms with Crippen molar-refractivity contribution in [1.29, 1.82) is 0 Å². The van der Waals surface area contributed by atoms with Gasteiger partial charge in [-0.15, -0.1) is 11.3 Å². The van der Waals surface area contributed by atoms with Crippen molar-refractivity contribution in [2.24, 2.45) is 0 Å². The number of ether oxygens (including phenoxy) is 1. The van der Waals surface area contributed by atoms with Crippen LogP contribution in [-0.2, 0) is 11.3 Å². The van der Waals surface area contributed by atoms with E-state index in [1.165, 1.54) is 0 Å². The van der Waals surface area contributed by atoms with Crippen LogP contribution in [0.25, 0.3) is 12.2 Å². The van der Waals surface area contributed by atoms with Gasteiger partial charge in [-0.2, -0.15) is 0 Å². The molecule has 1 aliphatic rings. The lowest BCUT2D eigenvalue weighted by Crippen LogP contribution is -2.43. The fourth-order valence-corrected chi connectivity index (χ4v) is 4.42. The van der Waals surface area contributed by atoms with Crippen LogP contribution in [0.4, 0.5) is 0 Å². The number of rotatable bonds is 11. The number of β-amino-alcohol motifs (C(OH)–C–C–N with tert-alkyl or cyclic N) is 2. The van der Waals surface area contributed by atoms with Crippen molar-refractivity contribution in [3.05, 3.63) is 52.0 Å². The Morgan fingerprint density at radius 3 is 2.34 bits per heavy atom. The second-order valence-corrected chi connectivity index (χ2v) is 9.15. The van der Waals surface area contributed by atoms with Crippen LogP contribution in [0.15, 0.2) is 35.7 Å². The lowest BCUT2D eigenvalue weighted by Gasteiger charge is -2.23. The number of benzene rings is 1. The Labute approximate surface area is 193 Å². The molecule has 1 aromatic carbocycles. The van der Waals surface area contributed by atoms with Crippen LogP contribution in [0.5, 0.6) is 0 Å². The fraction of sp³-hybridized carbons (Fsp3) is 0.542. The molecule has 1 aromatic heterocycles. The molecule has 0 aliphatic carbocycles. The van der Waals surface area contributed by atoms with Gasteiger partial charge in [0.15, 0.2) is 0 Å². The zero-order chi connectivity index (χ0) is 22.8. The Hall–Kier alpha value is -1.65. The maximum Gasteiger partial charge on any atom is 0.116 e. The quantitative estimate of drug-likeness (QED) is 0.379. The van der Waals surface area contributed by atoms with Crippen LogP contribution in [0.1, 0.15) is 41.9 Å². The zero-order valence-electron chi connectivity index (χ0n) is 18.3. The average molecular weight is 463 g/mol. The molecule has 0 unspecified atom stereocenters. The Bertz CT molecular complexity index is 800. The smallest absolute Gasteiger partial charge is 0.116 e. The fourth-order valence-electron chi connectivity index (χ4n) is 3.72. The van der Waals surface area contributed by atoms with Gasteiger partial charge in [0.1, 0.15) is 17.2 Å². The van der Waals surface area contributed by atoms with Gasteiger partial charge in [-0.25, -0.2) is 4.98 Å². The van der Waals surface area contributed by atoms with E-state index in [0.29, 0.717) is 19.8 Å². The van der Waals surface area contributed by atoms with Crippen molar-refractivity contribution in [3.63, 3.8) is 0 Å². The number of unbranched alkanes of at least 4 members (excludes halogenated alkanes) is 3. The van der Waals surface area contributed by atoms with Gasteiger partial charge in [0.05, 0.1) is 24.5 Å². The number of hydrogen-bond acceptors (Lipinski definition) is 8. The van der Waals surface area contributed by atoms with Crippen molar-refractivity contribution >= 4 is 23.5 Å². The number of aliphatic hydroxyl groups excluding tert-OH is 4. The normalized spacial score (nSPS) is 24.8. The van der Waals surface area contributed by atoms with Crippen LogP contribution in [0, 0.1) is 0 Å². The molecule has 1 fully saturated rings. The van der Waals surface area contributed by atoms with Gasteiger partial charge in [-0.3, -0.25) is 4.90 Å². The molecular weight excluding hydrogens is 428 g/mol. The van der Waals surface area contributed by atoms with Crippen LogP contribution < -0.4 is 0 Å². The molecule has 4 N–H and O–H groups in total. The van der Waals surface area contributed by atoms with Gasteiger partial charge in [-0.05, 0) is 31.0 Å². The highest BCUT2D eigenvalue weighted by Gasteiger charge is 2.35. The number of likely N-dealkylation sites (tertiary alicyclic amines) is 1. The Balaban J connectivity index is 1.25. The lowest BCUT2D eigenvalue weighted by atomic mass is 10.1. The van der Waals surface area contributed by atoms with E-state index < -0.39 is 24.4 Å². The molecule has 0 amide bonds. The summed E-state index contributed by atoms with van der Waals surface area (Å²) in [6.07, 6.45) is 3.32. The average Bonchev–Trinajstić information content (AvgIpc) is 3.23. The summed E-state index contributed by atoms with van der Waals surface area (Å²) in [7, 11) is 0. The molecule has 4 atom stereocenters. The van der Waals surface area contributed by atoms with Gasteiger partial charge in [-0.1, -0.05) is 49.2 Å². The monoisotopic (exact) mass is 462 g/mol. The largest absolute Gasteiger partial charge is 0.389 e. The summed E-state index contributed by atoms with van der Waals surface area (Å²) in [6, 6.07) is 10.1. The maximum atomic E-state index is 9.91. The molecule has 0 spiro atoms. The summed E-state index contributed by atoms with van der Waals surface area (Å²) in [5, 5.41) is 42.3. The van der Waals surface area contributed by atoms with E-state index in [2.05, 4.69) is 23.2 Å². The van der Waals surface area contributed by atoms with E-state index in [0.717, 1.165) is 41.9 Å². The highest BCUT2D eigenvalue weighted by Crippen LogP contribution is 2.16. The molecule has 1 saturated heterocycles. The van der Waals surface area contributed by atoms with Crippen molar-refractivity contribution < 1.29 is 25.2 Å². The van der Waals surface area contributed by atoms with Gasteiger partial charge >= 0.3 is 0 Å². The van der Waals surface area contributed by atoms with Crippen LogP contribution in [-0.4, -0.2) is 81.0 Å². The molecule has 8 heteroatoms. The minimum atomic E-state index is -1.30. The first kappa shape index (κ1) is 25.0. The van der Waals surface area contributed by atoms with E-state index in [4.69, 9.17) is 4.74 Å². The van der Waals surface area contributed by atoms with Crippen molar-refractivity contribution in [3.8, 4) is 0 Å². The molecule has 1 aliphatic heterocycles. The SMILES string of the molecule is O[C@H]1[C@H](O)[C@@H](O)CN(CCCCCCOCc2csc(/C=C/c3ccccc3)n2)C[C@@H]1O. The first-order valence-electron chi connectivity index (χ1n) is 11.2. The number of thiazole rings is 1. The molecule has 2 heterocycles. The van der Waals surface area contributed by atoms with Gasteiger partial charge in [0, 0.05) is 25.1 Å². The Kier molecular flexibility index (Phi) is 10.3. The topological polar surface area (TPSA) is 106 Å². The molecule has 0 bridgehead atoms. The summed E-state index contributed by atoms with van der Waals surface area (Å²) in [5.74, 6) is 0. The predicted octanol–water partition coefficient (Wildman–Crippen LogP) is 2.15. The third-order valence-corrected chi connectivity index (χ3v) is 6.44. The van der Waals surface area contributed by atoms with Crippen LogP contribution in [0.2, 0.25) is 0 Å². The number of aliphatic hydroxyl groups is 4. The Morgan fingerprint density at radius 1 is 0.938 bits per heavy atom. The third-order valence-electron chi connectivity index (χ3n) is 5.58. The van der Waals surface area contributed by atoms with E-state index in [1.54, 1.807) is 11.3 Å². The minimum Gasteiger partial charge on any atom is -0.389 e. The lowest BCUT2D eigenvalue weighted by molar-refractivity contribution is -0.0894. The molecule has 0 radical (unpaired) electrons. The van der Waals surface area contributed by atoms with Crippen LogP contribution >= 0.6 is 11.3 Å². The molecule has 176 valence electrons. The summed E-state index contributed by atoms with van der Waals surface area (Å²) in [5.41, 5.74) is 2.10. The number of hydrogen-bond donors (Lipinski definition) is 4. The highest BCUT2D eigenvalue weighted by molar-refractivity contribution is 7.10. The van der Waals surface area contributed by atoms with E-state index >= 15 is 0 Å².